The minimum atomic E-state index is -0.567. The van der Waals surface area contributed by atoms with Crippen molar-refractivity contribution >= 4 is 40.4 Å². The summed E-state index contributed by atoms with van der Waals surface area (Å²) in [6.45, 7) is 5.42. The Labute approximate surface area is 155 Å². The molecule has 0 aliphatic carbocycles. The Kier molecular flexibility index (Phi) is 5.30. The van der Waals surface area contributed by atoms with Crippen molar-refractivity contribution in [2.24, 2.45) is 4.99 Å². The molecule has 1 saturated heterocycles. The van der Waals surface area contributed by atoms with Crippen LogP contribution in [0.15, 0.2) is 53.2 Å². The molecule has 5 nitrogen and oxygen atoms in total. The summed E-state index contributed by atoms with van der Waals surface area (Å²) in [5.74, 6) is 0.132. The van der Waals surface area contributed by atoms with Crippen LogP contribution in [0.1, 0.15) is 24.9 Å². The number of aliphatic imine (C=N–C) groups is 1. The van der Waals surface area contributed by atoms with Crippen LogP contribution >= 0.6 is 23.4 Å². The third-order valence-electron chi connectivity index (χ3n) is 3.94. The molecule has 0 N–H and O–H groups in total. The maximum absolute atomic E-state index is 12.6. The average molecular weight is 377 g/mol. The average Bonchev–Trinajstić information content (AvgIpc) is 2.59. The number of fused-ring (bicyclic) bond motifs is 1. The summed E-state index contributed by atoms with van der Waals surface area (Å²) in [4.78, 5) is 31.3. The number of amides is 1. The highest BCUT2D eigenvalue weighted by molar-refractivity contribution is 8.14. The first-order valence-electron chi connectivity index (χ1n) is 7.80. The molecule has 0 spiro atoms. The zero-order valence-corrected chi connectivity index (χ0v) is 15.3. The van der Waals surface area contributed by atoms with Gasteiger partial charge in [0.05, 0.1) is 17.3 Å². The highest BCUT2D eigenvalue weighted by Gasteiger charge is 2.41. The summed E-state index contributed by atoms with van der Waals surface area (Å²) in [6.07, 6.45) is 1.91. The summed E-state index contributed by atoms with van der Waals surface area (Å²) < 4.78 is 5.24. The molecule has 3 rings (SSSR count). The maximum Gasteiger partial charge on any atom is 0.338 e. The van der Waals surface area contributed by atoms with Crippen molar-refractivity contribution in [2.75, 3.05) is 12.4 Å². The summed E-state index contributed by atoms with van der Waals surface area (Å²) in [6, 6.07) is 6.55. The summed E-state index contributed by atoms with van der Waals surface area (Å²) in [5, 5.41) is 1.21. The van der Waals surface area contributed by atoms with Crippen molar-refractivity contribution in [3.05, 3.63) is 58.8 Å². The quantitative estimate of drug-likeness (QED) is 0.593. The highest BCUT2D eigenvalue weighted by Crippen LogP contribution is 2.40. The van der Waals surface area contributed by atoms with Crippen LogP contribution in [0, 0.1) is 0 Å². The second-order valence-corrected chi connectivity index (χ2v) is 7.10. The van der Waals surface area contributed by atoms with E-state index in [0.29, 0.717) is 33.6 Å². The van der Waals surface area contributed by atoms with Crippen molar-refractivity contribution in [3.63, 3.8) is 0 Å². The normalized spacial score (nSPS) is 20.1. The molecule has 0 saturated carbocycles. The van der Waals surface area contributed by atoms with E-state index in [1.807, 2.05) is 12.1 Å². The first kappa shape index (κ1) is 17.8. The minimum absolute atomic E-state index is 0.0565. The molecule has 25 heavy (non-hydrogen) atoms. The number of carbonyl (C=O) groups is 2. The molecule has 0 bridgehead atoms. The standard InChI is InChI=1S/C18H17ClN2O3S/c1-3-9-24-17(23)15-11(2)20-18-21(14(22)8-10-25-18)16(15)12-4-6-13(19)7-5-12/h3-7,16H,1,8-10H2,2H3/t16-/m1/s1. The molecule has 1 aromatic rings. The monoisotopic (exact) mass is 376 g/mol. The van der Waals surface area contributed by atoms with E-state index in [4.69, 9.17) is 16.3 Å². The number of halogens is 1. The highest BCUT2D eigenvalue weighted by atomic mass is 35.5. The van der Waals surface area contributed by atoms with Crippen LogP contribution in [0.3, 0.4) is 0 Å². The van der Waals surface area contributed by atoms with Crippen LogP contribution in [-0.2, 0) is 14.3 Å². The van der Waals surface area contributed by atoms with Gasteiger partial charge in [-0.3, -0.25) is 9.69 Å². The van der Waals surface area contributed by atoms with Crippen LogP contribution in [0.2, 0.25) is 5.02 Å². The van der Waals surface area contributed by atoms with E-state index in [-0.39, 0.29) is 12.5 Å². The Balaban J connectivity index is 2.11. The van der Waals surface area contributed by atoms with Gasteiger partial charge in [-0.25, -0.2) is 9.79 Å². The van der Waals surface area contributed by atoms with Gasteiger partial charge in [-0.2, -0.15) is 0 Å². The molecule has 0 radical (unpaired) electrons. The van der Waals surface area contributed by atoms with Gasteiger partial charge in [-0.05, 0) is 24.6 Å². The van der Waals surface area contributed by atoms with Crippen LogP contribution in [0.5, 0.6) is 0 Å². The lowest BCUT2D eigenvalue weighted by atomic mass is 9.94. The van der Waals surface area contributed by atoms with Crippen LogP contribution < -0.4 is 0 Å². The van der Waals surface area contributed by atoms with Crippen molar-refractivity contribution in [3.8, 4) is 0 Å². The number of amidine groups is 1. The number of hydrogen-bond donors (Lipinski definition) is 0. The SMILES string of the molecule is C=CCOC(=O)C1=C(C)N=C2SCCC(=O)N2[C@@H]1c1ccc(Cl)cc1. The Morgan fingerprint density at radius 1 is 1.48 bits per heavy atom. The first-order chi connectivity index (χ1) is 12.0. The molecule has 130 valence electrons. The van der Waals surface area contributed by atoms with E-state index >= 15 is 0 Å². The molecule has 2 heterocycles. The molecule has 1 aromatic carbocycles. The van der Waals surface area contributed by atoms with Crippen molar-refractivity contribution in [1.29, 1.82) is 0 Å². The third-order valence-corrected chi connectivity index (χ3v) is 5.15. The zero-order chi connectivity index (χ0) is 18.0. The van der Waals surface area contributed by atoms with Crippen LogP contribution in [0.4, 0.5) is 0 Å². The largest absolute Gasteiger partial charge is 0.458 e. The predicted octanol–water partition coefficient (Wildman–Crippen LogP) is 3.72. The molecule has 7 heteroatoms. The van der Waals surface area contributed by atoms with Crippen molar-refractivity contribution < 1.29 is 14.3 Å². The fourth-order valence-electron chi connectivity index (χ4n) is 2.83. The molecular weight excluding hydrogens is 360 g/mol. The summed E-state index contributed by atoms with van der Waals surface area (Å²) in [7, 11) is 0. The van der Waals surface area contributed by atoms with Gasteiger partial charge in [0, 0.05) is 17.2 Å². The molecule has 1 atom stereocenters. The van der Waals surface area contributed by atoms with Gasteiger partial charge in [-0.1, -0.05) is 48.2 Å². The molecule has 1 amide bonds. The van der Waals surface area contributed by atoms with Gasteiger partial charge < -0.3 is 4.74 Å². The van der Waals surface area contributed by atoms with E-state index in [1.54, 1.807) is 24.0 Å². The van der Waals surface area contributed by atoms with E-state index in [1.165, 1.54) is 17.8 Å². The smallest absolute Gasteiger partial charge is 0.338 e. The van der Waals surface area contributed by atoms with Gasteiger partial charge >= 0.3 is 5.97 Å². The fraction of sp³-hybridized carbons (Fsp3) is 0.278. The molecule has 0 aromatic heterocycles. The number of benzene rings is 1. The van der Waals surface area contributed by atoms with E-state index < -0.39 is 12.0 Å². The van der Waals surface area contributed by atoms with Crippen LogP contribution in [-0.4, -0.2) is 34.3 Å². The fourth-order valence-corrected chi connectivity index (χ4v) is 3.96. The summed E-state index contributed by atoms with van der Waals surface area (Å²) in [5.41, 5.74) is 1.71. The van der Waals surface area contributed by atoms with Gasteiger partial charge in [0.2, 0.25) is 5.91 Å². The molecule has 0 unspecified atom stereocenters. The zero-order valence-electron chi connectivity index (χ0n) is 13.7. The Hall–Kier alpha value is -2.05. The van der Waals surface area contributed by atoms with Gasteiger partial charge in [0.25, 0.3) is 0 Å². The molecule has 1 fully saturated rings. The second-order valence-electron chi connectivity index (χ2n) is 5.60. The lowest BCUT2D eigenvalue weighted by Crippen LogP contribution is -2.45. The Morgan fingerprint density at radius 3 is 2.88 bits per heavy atom. The van der Waals surface area contributed by atoms with Crippen LogP contribution in [0.25, 0.3) is 0 Å². The van der Waals surface area contributed by atoms with E-state index in [2.05, 4.69) is 11.6 Å². The molecule has 2 aliphatic rings. The van der Waals surface area contributed by atoms with Gasteiger partial charge in [-0.15, -0.1) is 0 Å². The number of rotatable bonds is 4. The summed E-state index contributed by atoms with van der Waals surface area (Å²) >= 11 is 7.50. The number of nitrogens with zero attached hydrogens (tertiary/aromatic N) is 2. The molecular formula is C18H17ClN2O3S. The number of thioether (sulfide) groups is 1. The lowest BCUT2D eigenvalue weighted by Gasteiger charge is -2.38. The first-order valence-corrected chi connectivity index (χ1v) is 9.17. The number of hydrogen-bond acceptors (Lipinski definition) is 5. The van der Waals surface area contributed by atoms with E-state index in [0.717, 1.165) is 5.56 Å². The topological polar surface area (TPSA) is 59.0 Å². The third kappa shape index (κ3) is 3.50. The number of carbonyl (C=O) groups excluding carboxylic acids is 2. The van der Waals surface area contributed by atoms with E-state index in [9.17, 15) is 9.59 Å². The van der Waals surface area contributed by atoms with Crippen molar-refractivity contribution in [1.82, 2.24) is 4.90 Å². The van der Waals surface area contributed by atoms with Gasteiger partial charge in [0.15, 0.2) is 5.17 Å². The van der Waals surface area contributed by atoms with Crippen molar-refractivity contribution in [2.45, 2.75) is 19.4 Å². The number of esters is 1. The lowest BCUT2D eigenvalue weighted by molar-refractivity contribution is -0.139. The maximum atomic E-state index is 12.6. The molecule has 2 aliphatic heterocycles. The number of allylic oxidation sites excluding steroid dienone is 1. The Morgan fingerprint density at radius 2 is 2.20 bits per heavy atom. The second kappa shape index (κ2) is 7.45. The number of ether oxygens (including phenoxy) is 1. The van der Waals surface area contributed by atoms with Gasteiger partial charge in [0.1, 0.15) is 6.61 Å². The predicted molar refractivity (Wildman–Crippen MR) is 99.4 cm³/mol. The Bertz CT molecular complexity index is 786. The minimum Gasteiger partial charge on any atom is -0.458 e.